The Bertz CT molecular complexity index is 1270. The zero-order valence-corrected chi connectivity index (χ0v) is 20.9. The molecule has 2 aromatic carbocycles. The summed E-state index contributed by atoms with van der Waals surface area (Å²) in [7, 11) is 0. The second kappa shape index (κ2) is 10.9. The number of nitrogens with one attached hydrogen (secondary N) is 1. The van der Waals surface area contributed by atoms with Crippen LogP contribution in [0.2, 0.25) is 0 Å². The van der Waals surface area contributed by atoms with E-state index >= 15 is 0 Å². The molecule has 1 saturated carbocycles. The highest BCUT2D eigenvalue weighted by Gasteiger charge is 2.35. The van der Waals surface area contributed by atoms with Crippen LogP contribution in [0, 0.1) is 12.8 Å². The maximum absolute atomic E-state index is 13.2. The van der Waals surface area contributed by atoms with Crippen molar-refractivity contribution >= 4 is 34.7 Å². The molecule has 2 atom stereocenters. The van der Waals surface area contributed by atoms with Crippen molar-refractivity contribution in [1.82, 2.24) is 9.88 Å². The molecular weight excluding hydrogens is 474 g/mol. The molecule has 0 bridgehead atoms. The van der Waals surface area contributed by atoms with Crippen LogP contribution in [0.1, 0.15) is 43.2 Å². The van der Waals surface area contributed by atoms with Crippen molar-refractivity contribution in [2.24, 2.45) is 5.92 Å². The third kappa shape index (κ3) is 5.94. The van der Waals surface area contributed by atoms with E-state index in [0.29, 0.717) is 55.8 Å². The van der Waals surface area contributed by atoms with Gasteiger partial charge in [0.15, 0.2) is 5.58 Å². The molecule has 3 aromatic rings. The van der Waals surface area contributed by atoms with Crippen LogP contribution >= 0.6 is 0 Å². The molecule has 5 rings (SSSR count). The van der Waals surface area contributed by atoms with E-state index < -0.39 is 12.1 Å². The Hall–Kier alpha value is -3.43. The fourth-order valence-electron chi connectivity index (χ4n) is 5.32. The number of aliphatic hydroxyl groups excluding tert-OH is 1. The fourth-order valence-corrected chi connectivity index (χ4v) is 5.32. The van der Waals surface area contributed by atoms with Gasteiger partial charge in [-0.05, 0) is 68.4 Å². The quantitative estimate of drug-likeness (QED) is 0.417. The molecule has 37 heavy (non-hydrogen) atoms. The number of carboxylic acids is 1. The van der Waals surface area contributed by atoms with Crippen LogP contribution < -0.4 is 5.32 Å². The van der Waals surface area contributed by atoms with Crippen LogP contribution in [0.4, 0.5) is 11.7 Å². The van der Waals surface area contributed by atoms with E-state index in [9.17, 15) is 19.8 Å². The van der Waals surface area contributed by atoms with E-state index in [1.165, 1.54) is 0 Å². The number of carbonyl (C=O) groups excluding carboxylic acids is 1. The number of ether oxygens (including phenoxy) is 1. The Balaban J connectivity index is 1.19. The number of benzene rings is 2. The van der Waals surface area contributed by atoms with E-state index in [2.05, 4.69) is 10.3 Å². The Morgan fingerprint density at radius 1 is 1.16 bits per heavy atom. The number of nitrogens with zero attached hydrogens (tertiary/aromatic N) is 2. The Labute approximate surface area is 215 Å². The molecule has 0 radical (unpaired) electrons. The highest BCUT2D eigenvalue weighted by atomic mass is 16.5. The summed E-state index contributed by atoms with van der Waals surface area (Å²) in [5.74, 6) is -1.10. The van der Waals surface area contributed by atoms with Gasteiger partial charge < -0.3 is 29.6 Å². The number of aliphatic carboxylic acids is 1. The minimum Gasteiger partial charge on any atom is -0.481 e. The SMILES string of the molecule is Cc1ccccc1Nc1nc2ccc(CC(=O)N3C[C@H](O)C[C@H]3COC3CCC(C(=O)O)CC3)cc2o1. The number of amides is 1. The summed E-state index contributed by atoms with van der Waals surface area (Å²) in [6.07, 6.45) is 2.73. The Morgan fingerprint density at radius 3 is 2.70 bits per heavy atom. The number of fused-ring (bicyclic) bond motifs is 1. The second-order valence-corrected chi connectivity index (χ2v) is 10.2. The molecule has 2 fully saturated rings. The Morgan fingerprint density at radius 2 is 1.95 bits per heavy atom. The van der Waals surface area contributed by atoms with Crippen LogP contribution in [0.25, 0.3) is 11.1 Å². The zero-order chi connectivity index (χ0) is 25.9. The summed E-state index contributed by atoms with van der Waals surface area (Å²) in [4.78, 5) is 30.6. The van der Waals surface area contributed by atoms with Crippen LogP contribution in [0.15, 0.2) is 46.9 Å². The molecule has 2 aliphatic rings. The summed E-state index contributed by atoms with van der Waals surface area (Å²) >= 11 is 0. The number of oxazole rings is 1. The van der Waals surface area contributed by atoms with Gasteiger partial charge in [-0.2, -0.15) is 4.98 Å². The number of aliphatic hydroxyl groups is 1. The highest BCUT2D eigenvalue weighted by molar-refractivity contribution is 5.82. The number of para-hydroxylation sites is 1. The van der Waals surface area contributed by atoms with Gasteiger partial charge in [0.25, 0.3) is 6.01 Å². The predicted octanol–water partition coefficient (Wildman–Crippen LogP) is 4.04. The maximum Gasteiger partial charge on any atom is 0.306 e. The first-order valence-corrected chi connectivity index (χ1v) is 12.9. The molecule has 0 unspecified atom stereocenters. The summed E-state index contributed by atoms with van der Waals surface area (Å²) in [6, 6.07) is 13.6. The number of carboxylic acid groups (broad SMARTS) is 1. The van der Waals surface area contributed by atoms with Crippen molar-refractivity contribution in [2.75, 3.05) is 18.5 Å². The van der Waals surface area contributed by atoms with Crippen molar-refractivity contribution < 1.29 is 29.0 Å². The van der Waals surface area contributed by atoms with Gasteiger partial charge in [0.2, 0.25) is 5.91 Å². The van der Waals surface area contributed by atoms with Gasteiger partial charge in [0.1, 0.15) is 5.52 Å². The van der Waals surface area contributed by atoms with Gasteiger partial charge in [-0.1, -0.05) is 24.3 Å². The summed E-state index contributed by atoms with van der Waals surface area (Å²) in [5.41, 5.74) is 4.10. The Kier molecular flexibility index (Phi) is 7.43. The smallest absolute Gasteiger partial charge is 0.306 e. The highest BCUT2D eigenvalue weighted by Crippen LogP contribution is 2.29. The van der Waals surface area contributed by atoms with Crippen LogP contribution in [0.5, 0.6) is 0 Å². The lowest BCUT2D eigenvalue weighted by atomic mass is 9.87. The zero-order valence-electron chi connectivity index (χ0n) is 20.9. The first-order chi connectivity index (χ1) is 17.9. The molecule has 196 valence electrons. The number of hydrogen-bond donors (Lipinski definition) is 3. The monoisotopic (exact) mass is 507 g/mol. The molecule has 1 aromatic heterocycles. The maximum atomic E-state index is 13.2. The van der Waals surface area contributed by atoms with Crippen LogP contribution in [0.3, 0.4) is 0 Å². The second-order valence-electron chi connectivity index (χ2n) is 10.2. The number of aromatic nitrogens is 1. The van der Waals surface area contributed by atoms with Gasteiger partial charge in [0, 0.05) is 12.2 Å². The van der Waals surface area contributed by atoms with E-state index in [1.807, 2.05) is 49.4 Å². The summed E-state index contributed by atoms with van der Waals surface area (Å²) in [6.45, 7) is 2.64. The molecule has 2 heterocycles. The van der Waals surface area contributed by atoms with Gasteiger partial charge in [-0.3, -0.25) is 9.59 Å². The largest absolute Gasteiger partial charge is 0.481 e. The molecule has 1 saturated heterocycles. The standard InChI is InChI=1S/C28H33N3O6/c1-17-4-2-3-5-23(17)29-28-30-24-11-6-18(12-25(24)37-28)13-26(33)31-15-21(32)14-20(31)16-36-22-9-7-19(8-10-22)27(34)35/h2-6,11-12,19-22,32H,7-10,13-16H2,1H3,(H,29,30)(H,34,35)/t19?,20-,21+,22?/m0/s1. The van der Waals surface area contributed by atoms with Gasteiger partial charge in [-0.15, -0.1) is 0 Å². The lowest BCUT2D eigenvalue weighted by Gasteiger charge is -2.29. The van der Waals surface area contributed by atoms with Crippen LogP contribution in [-0.4, -0.2) is 63.4 Å². The molecule has 3 N–H and O–H groups in total. The molecule has 1 aliphatic carbocycles. The minimum absolute atomic E-state index is 0.00151. The molecular formula is C28H33N3O6. The molecule has 9 heteroatoms. The average molecular weight is 508 g/mol. The van der Waals surface area contributed by atoms with Gasteiger partial charge in [0.05, 0.1) is 37.2 Å². The number of β-amino-alcohol motifs (C(OH)–C–C–N with tert-alkyl or cyclic N) is 1. The number of carbonyl (C=O) groups is 2. The minimum atomic E-state index is -0.739. The van der Waals surface area contributed by atoms with E-state index in [0.717, 1.165) is 16.8 Å². The van der Waals surface area contributed by atoms with Gasteiger partial charge >= 0.3 is 5.97 Å². The molecule has 1 amide bonds. The number of anilines is 2. The fraction of sp³-hybridized carbons (Fsp3) is 0.464. The number of rotatable bonds is 8. The van der Waals surface area contributed by atoms with Crippen molar-refractivity contribution in [1.29, 1.82) is 0 Å². The van der Waals surface area contributed by atoms with Crippen molar-refractivity contribution in [3.63, 3.8) is 0 Å². The average Bonchev–Trinajstić information content (AvgIpc) is 3.46. The number of hydrogen-bond acceptors (Lipinski definition) is 7. The lowest BCUT2D eigenvalue weighted by molar-refractivity contribution is -0.144. The van der Waals surface area contributed by atoms with Crippen molar-refractivity contribution in [3.8, 4) is 0 Å². The molecule has 0 spiro atoms. The van der Waals surface area contributed by atoms with E-state index in [4.69, 9.17) is 9.15 Å². The number of aryl methyl sites for hydroxylation is 1. The van der Waals surface area contributed by atoms with Crippen molar-refractivity contribution in [3.05, 3.63) is 53.6 Å². The lowest BCUT2D eigenvalue weighted by Crippen LogP contribution is -2.40. The predicted molar refractivity (Wildman–Crippen MR) is 138 cm³/mol. The normalized spacial score (nSPS) is 23.9. The third-order valence-electron chi connectivity index (χ3n) is 7.46. The molecule has 9 nitrogen and oxygen atoms in total. The van der Waals surface area contributed by atoms with E-state index in [1.54, 1.807) is 4.90 Å². The third-order valence-corrected chi connectivity index (χ3v) is 7.46. The van der Waals surface area contributed by atoms with Crippen LogP contribution in [-0.2, 0) is 20.7 Å². The van der Waals surface area contributed by atoms with Crippen molar-refractivity contribution in [2.45, 2.75) is 63.7 Å². The molecule has 1 aliphatic heterocycles. The number of likely N-dealkylation sites (tertiary alicyclic amines) is 1. The first kappa shape index (κ1) is 25.2. The van der Waals surface area contributed by atoms with E-state index in [-0.39, 0.29) is 36.9 Å². The topological polar surface area (TPSA) is 125 Å². The summed E-state index contributed by atoms with van der Waals surface area (Å²) < 4.78 is 12.0. The van der Waals surface area contributed by atoms with Gasteiger partial charge in [-0.25, -0.2) is 0 Å². The summed E-state index contributed by atoms with van der Waals surface area (Å²) in [5, 5.41) is 22.6. The first-order valence-electron chi connectivity index (χ1n) is 12.9.